The van der Waals surface area contributed by atoms with Gasteiger partial charge in [0.1, 0.15) is 0 Å². The zero-order valence-corrected chi connectivity index (χ0v) is 11.7. The Kier molecular flexibility index (Phi) is 4.68. The molecule has 0 spiro atoms. The Bertz CT molecular complexity index is 394. The normalized spacial score (nSPS) is 11.6. The van der Waals surface area contributed by atoms with Gasteiger partial charge in [-0.25, -0.2) is 0 Å². The summed E-state index contributed by atoms with van der Waals surface area (Å²) in [5.41, 5.74) is 0. The van der Waals surface area contributed by atoms with Crippen molar-refractivity contribution < 1.29 is 11.2 Å². The molecule has 0 N–H and O–H groups in total. The van der Waals surface area contributed by atoms with Crippen LogP contribution in [0.4, 0.5) is 0 Å². The second-order valence-electron chi connectivity index (χ2n) is 3.08. The molecular formula is C12H10Cl2NiP. The molecule has 16 heavy (non-hydrogen) atoms. The minimum atomic E-state index is -0.781. The van der Waals surface area contributed by atoms with E-state index < -0.39 is 17.9 Å². The maximum atomic E-state index is 6.15. The molecule has 0 atom stereocenters. The molecule has 4 heteroatoms. The summed E-state index contributed by atoms with van der Waals surface area (Å²) in [6, 6.07) is 20.5. The van der Waals surface area contributed by atoms with Crippen LogP contribution in [0.5, 0.6) is 0 Å². The fourth-order valence-corrected chi connectivity index (χ4v) is 7.84. The van der Waals surface area contributed by atoms with E-state index >= 15 is 0 Å². The molecule has 2 aromatic rings. The van der Waals surface area contributed by atoms with Gasteiger partial charge in [-0.15, -0.1) is 0 Å². The molecule has 0 nitrogen and oxygen atoms in total. The van der Waals surface area contributed by atoms with Gasteiger partial charge in [0.25, 0.3) is 0 Å². The summed E-state index contributed by atoms with van der Waals surface area (Å²) < 4.78 is 0. The summed E-state index contributed by atoms with van der Waals surface area (Å²) in [4.78, 5) is 0. The molecule has 2 aromatic carbocycles. The Labute approximate surface area is 109 Å². The standard InChI is InChI=1S/C12H10P.2ClH.Ni/c1-3-7-11(8-4-1)13-12-9-5-2-6-10-12;;;/h1-10H;2*1H;/q-1;;;+3/p-2. The van der Waals surface area contributed by atoms with Crippen molar-refractivity contribution in [2.24, 2.45) is 0 Å². The van der Waals surface area contributed by atoms with Gasteiger partial charge in [0, 0.05) is 0 Å². The molecule has 0 bridgehead atoms. The fraction of sp³-hybridized carbons (Fsp3) is 0. The summed E-state index contributed by atoms with van der Waals surface area (Å²) in [5, 5.41) is 2.45. The van der Waals surface area contributed by atoms with E-state index in [0.717, 1.165) is 0 Å². The molecule has 2 rings (SSSR count). The monoisotopic (exact) mass is 313 g/mol. The third-order valence-electron chi connectivity index (χ3n) is 2.04. The fourth-order valence-electron chi connectivity index (χ4n) is 1.37. The predicted octanol–water partition coefficient (Wildman–Crippen LogP) is 3.96. The number of hydrogen-bond acceptors (Lipinski definition) is 0. The Morgan fingerprint density at radius 3 is 1.38 bits per heavy atom. The average Bonchev–Trinajstić information content (AvgIpc) is 2.31. The van der Waals surface area contributed by atoms with Crippen molar-refractivity contribution in [3.63, 3.8) is 0 Å². The van der Waals surface area contributed by atoms with Crippen LogP contribution in [0.25, 0.3) is 0 Å². The van der Waals surface area contributed by atoms with Crippen LogP contribution in [0.3, 0.4) is 0 Å². The van der Waals surface area contributed by atoms with E-state index in [4.69, 9.17) is 20.4 Å². The first-order valence-corrected chi connectivity index (χ1v) is 9.87. The van der Waals surface area contributed by atoms with Crippen molar-refractivity contribution >= 4 is 37.7 Å². The van der Waals surface area contributed by atoms with Crippen LogP contribution in [0.15, 0.2) is 60.7 Å². The van der Waals surface area contributed by atoms with Crippen molar-refractivity contribution in [3.8, 4) is 0 Å². The van der Waals surface area contributed by atoms with Gasteiger partial charge in [0.2, 0.25) is 0 Å². The summed E-state index contributed by atoms with van der Waals surface area (Å²) in [6.45, 7) is -0.637. The van der Waals surface area contributed by atoms with Crippen LogP contribution in [-0.4, -0.2) is 0 Å². The molecule has 0 fully saturated rings. The summed E-state index contributed by atoms with van der Waals surface area (Å²) >= 11 is -0.781. The second kappa shape index (κ2) is 6.03. The third-order valence-corrected chi connectivity index (χ3v) is 8.87. The van der Waals surface area contributed by atoms with Gasteiger partial charge in [0.05, 0.1) is 0 Å². The first kappa shape index (κ1) is 12.4. The summed E-state index contributed by atoms with van der Waals surface area (Å²) in [6.07, 6.45) is 0. The van der Waals surface area contributed by atoms with Crippen molar-refractivity contribution in [1.82, 2.24) is 0 Å². The molecule has 0 saturated carbocycles. The molecule has 0 aliphatic heterocycles. The molecule has 0 heterocycles. The van der Waals surface area contributed by atoms with E-state index in [1.165, 1.54) is 10.6 Å². The number of halogens is 2. The van der Waals surface area contributed by atoms with Gasteiger partial charge < -0.3 is 0 Å². The van der Waals surface area contributed by atoms with Gasteiger partial charge in [-0.1, -0.05) is 0 Å². The summed E-state index contributed by atoms with van der Waals surface area (Å²) in [5.74, 6) is 0. The average molecular weight is 315 g/mol. The Morgan fingerprint density at radius 1 is 0.688 bits per heavy atom. The van der Waals surface area contributed by atoms with Crippen LogP contribution >= 0.6 is 27.1 Å². The van der Waals surface area contributed by atoms with E-state index in [1.54, 1.807) is 0 Å². The quantitative estimate of drug-likeness (QED) is 0.594. The molecule has 0 radical (unpaired) electrons. The number of benzene rings is 2. The SMILES string of the molecule is [Cl][Ni]([Cl])[P](c1ccccc1)c1ccccc1. The summed E-state index contributed by atoms with van der Waals surface area (Å²) in [7, 11) is 12.3. The van der Waals surface area contributed by atoms with Gasteiger partial charge in [-0.05, 0) is 0 Å². The Balaban J connectivity index is 2.40. The van der Waals surface area contributed by atoms with Crippen molar-refractivity contribution in [2.45, 2.75) is 0 Å². The van der Waals surface area contributed by atoms with E-state index in [-0.39, 0.29) is 0 Å². The van der Waals surface area contributed by atoms with E-state index in [9.17, 15) is 0 Å². The first-order valence-electron chi connectivity index (χ1n) is 4.65. The second-order valence-corrected chi connectivity index (χ2v) is 11.4. The minimum absolute atomic E-state index is 0.637. The zero-order chi connectivity index (χ0) is 11.4. The predicted molar refractivity (Wildman–Crippen MR) is 70.8 cm³/mol. The van der Waals surface area contributed by atoms with Crippen LogP contribution in [-0.2, 0) is 11.2 Å². The first-order chi connectivity index (χ1) is 7.79. The van der Waals surface area contributed by atoms with E-state index in [1.807, 2.05) is 36.4 Å². The van der Waals surface area contributed by atoms with Gasteiger partial charge in [-0.2, -0.15) is 0 Å². The molecule has 0 unspecified atom stereocenters. The number of hydrogen-bond donors (Lipinski definition) is 0. The van der Waals surface area contributed by atoms with Crippen molar-refractivity contribution in [2.75, 3.05) is 0 Å². The maximum absolute atomic E-state index is 6.15. The van der Waals surface area contributed by atoms with Gasteiger partial charge >= 0.3 is 110 Å². The number of rotatable bonds is 3. The Hall–Kier alpha value is -0.0565. The van der Waals surface area contributed by atoms with Crippen LogP contribution in [0.1, 0.15) is 0 Å². The van der Waals surface area contributed by atoms with Crippen molar-refractivity contribution in [1.29, 1.82) is 0 Å². The molecule has 0 saturated heterocycles. The zero-order valence-electron chi connectivity index (χ0n) is 8.29. The van der Waals surface area contributed by atoms with Crippen LogP contribution in [0, 0.1) is 0 Å². The molecule has 87 valence electrons. The van der Waals surface area contributed by atoms with Gasteiger partial charge in [-0.3, -0.25) is 0 Å². The molecule has 0 aliphatic rings. The third kappa shape index (κ3) is 2.99. The molecule has 0 aromatic heterocycles. The Morgan fingerprint density at radius 2 is 1.06 bits per heavy atom. The van der Waals surface area contributed by atoms with E-state index in [2.05, 4.69) is 24.3 Å². The molecular weight excluding hydrogens is 305 g/mol. The molecule has 0 aliphatic carbocycles. The van der Waals surface area contributed by atoms with Crippen LogP contribution in [0.2, 0.25) is 0 Å². The van der Waals surface area contributed by atoms with Crippen molar-refractivity contribution in [3.05, 3.63) is 60.7 Å². The van der Waals surface area contributed by atoms with E-state index in [0.29, 0.717) is 0 Å². The van der Waals surface area contributed by atoms with Crippen LogP contribution < -0.4 is 10.6 Å². The topological polar surface area (TPSA) is 0 Å². The molecule has 0 amide bonds. The van der Waals surface area contributed by atoms with Gasteiger partial charge in [0.15, 0.2) is 0 Å².